The normalized spacial score (nSPS) is 18.0. The molecule has 0 radical (unpaired) electrons. The number of aromatic nitrogens is 2. The van der Waals surface area contributed by atoms with Crippen molar-refractivity contribution in [2.45, 2.75) is 46.3 Å². The van der Waals surface area contributed by atoms with Gasteiger partial charge in [-0.05, 0) is 32.8 Å². The molecule has 2 aromatic rings. The first-order valence-electron chi connectivity index (χ1n) is 8.69. The SMILES string of the molecule is CCn1nc(C)c(C(=O)N[C@@H]2CCN(Cc3ccccc3)C2)c1C. The summed E-state index contributed by atoms with van der Waals surface area (Å²) in [7, 11) is 0. The summed E-state index contributed by atoms with van der Waals surface area (Å²) in [5.74, 6) is 0.0104. The van der Waals surface area contributed by atoms with Crippen LogP contribution >= 0.6 is 0 Å². The number of carbonyl (C=O) groups excluding carboxylic acids is 1. The number of nitrogens with zero attached hydrogens (tertiary/aromatic N) is 3. The molecule has 0 bridgehead atoms. The van der Waals surface area contributed by atoms with Gasteiger partial charge < -0.3 is 5.32 Å². The van der Waals surface area contributed by atoms with E-state index in [0.717, 1.165) is 49.6 Å². The topological polar surface area (TPSA) is 50.2 Å². The minimum atomic E-state index is 0.0104. The molecule has 5 nitrogen and oxygen atoms in total. The Kier molecular flexibility index (Phi) is 5.00. The Labute approximate surface area is 143 Å². The maximum Gasteiger partial charge on any atom is 0.255 e. The average Bonchev–Trinajstić information content (AvgIpc) is 3.12. The van der Waals surface area contributed by atoms with E-state index in [1.807, 2.05) is 31.5 Å². The van der Waals surface area contributed by atoms with E-state index in [9.17, 15) is 4.79 Å². The van der Waals surface area contributed by atoms with Crippen molar-refractivity contribution in [3.63, 3.8) is 0 Å². The maximum absolute atomic E-state index is 12.7. The van der Waals surface area contributed by atoms with E-state index < -0.39 is 0 Å². The van der Waals surface area contributed by atoms with Gasteiger partial charge in [0.25, 0.3) is 5.91 Å². The van der Waals surface area contributed by atoms with E-state index >= 15 is 0 Å². The van der Waals surface area contributed by atoms with E-state index in [1.54, 1.807) is 0 Å². The van der Waals surface area contributed by atoms with E-state index in [-0.39, 0.29) is 11.9 Å². The lowest BCUT2D eigenvalue weighted by atomic mass is 10.1. The number of likely N-dealkylation sites (tertiary alicyclic amines) is 1. The number of hydrogen-bond acceptors (Lipinski definition) is 3. The fraction of sp³-hybridized carbons (Fsp3) is 0.474. The lowest BCUT2D eigenvalue weighted by Gasteiger charge is -2.17. The van der Waals surface area contributed by atoms with Crippen LogP contribution < -0.4 is 5.32 Å². The van der Waals surface area contributed by atoms with Gasteiger partial charge in [0.2, 0.25) is 0 Å². The van der Waals surface area contributed by atoms with Gasteiger partial charge >= 0.3 is 0 Å². The Hall–Kier alpha value is -2.14. The standard InChI is InChI=1S/C19H26N4O/c1-4-23-15(3)18(14(2)21-23)19(24)20-17-10-11-22(13-17)12-16-8-6-5-7-9-16/h5-9,17H,4,10-13H2,1-3H3,(H,20,24)/t17-/m1/s1. The van der Waals surface area contributed by atoms with Crippen molar-refractivity contribution in [1.82, 2.24) is 20.0 Å². The Bertz CT molecular complexity index is 708. The van der Waals surface area contributed by atoms with Gasteiger partial charge in [-0.3, -0.25) is 14.4 Å². The van der Waals surface area contributed by atoms with Crippen molar-refractivity contribution in [3.05, 3.63) is 52.8 Å². The summed E-state index contributed by atoms with van der Waals surface area (Å²) in [5.41, 5.74) is 3.82. The van der Waals surface area contributed by atoms with Crippen molar-refractivity contribution < 1.29 is 4.79 Å². The number of hydrogen-bond donors (Lipinski definition) is 1. The molecule has 0 saturated carbocycles. The summed E-state index contributed by atoms with van der Waals surface area (Å²) in [6.45, 7) is 9.57. The molecule has 5 heteroatoms. The van der Waals surface area contributed by atoms with Crippen LogP contribution in [0.15, 0.2) is 30.3 Å². The zero-order valence-electron chi connectivity index (χ0n) is 14.7. The minimum Gasteiger partial charge on any atom is -0.348 e. The van der Waals surface area contributed by atoms with Crippen LogP contribution in [0.2, 0.25) is 0 Å². The fourth-order valence-electron chi connectivity index (χ4n) is 3.53. The largest absolute Gasteiger partial charge is 0.348 e. The molecule has 1 fully saturated rings. The summed E-state index contributed by atoms with van der Waals surface area (Å²) in [6, 6.07) is 10.7. The molecule has 3 rings (SSSR count). The quantitative estimate of drug-likeness (QED) is 0.918. The highest BCUT2D eigenvalue weighted by Crippen LogP contribution is 2.16. The Balaban J connectivity index is 1.59. The van der Waals surface area contributed by atoms with E-state index in [2.05, 4.69) is 39.6 Å². The zero-order valence-corrected chi connectivity index (χ0v) is 14.7. The van der Waals surface area contributed by atoms with Gasteiger partial charge in [0.1, 0.15) is 0 Å². The summed E-state index contributed by atoms with van der Waals surface area (Å²) in [5, 5.41) is 7.64. The van der Waals surface area contributed by atoms with Gasteiger partial charge in [-0.2, -0.15) is 5.10 Å². The maximum atomic E-state index is 12.7. The molecular formula is C19H26N4O. The summed E-state index contributed by atoms with van der Waals surface area (Å²) in [4.78, 5) is 15.1. The van der Waals surface area contributed by atoms with Crippen LogP contribution in [0.25, 0.3) is 0 Å². The first-order chi connectivity index (χ1) is 11.6. The fourth-order valence-corrected chi connectivity index (χ4v) is 3.53. The molecule has 1 amide bonds. The van der Waals surface area contributed by atoms with Crippen LogP contribution in [0.3, 0.4) is 0 Å². The third kappa shape index (κ3) is 3.51. The lowest BCUT2D eigenvalue weighted by molar-refractivity contribution is 0.0936. The number of benzene rings is 1. The highest BCUT2D eigenvalue weighted by atomic mass is 16.1. The van der Waals surface area contributed by atoms with Crippen molar-refractivity contribution >= 4 is 5.91 Å². The van der Waals surface area contributed by atoms with Gasteiger partial charge in [-0.25, -0.2) is 0 Å². The molecule has 0 spiro atoms. The smallest absolute Gasteiger partial charge is 0.255 e. The predicted molar refractivity (Wildman–Crippen MR) is 95.0 cm³/mol. The van der Waals surface area contributed by atoms with Crippen LogP contribution in [0, 0.1) is 13.8 Å². The second kappa shape index (κ2) is 7.18. The molecule has 1 aromatic carbocycles. The van der Waals surface area contributed by atoms with Gasteiger partial charge in [0.05, 0.1) is 11.3 Å². The van der Waals surface area contributed by atoms with Crippen molar-refractivity contribution in [3.8, 4) is 0 Å². The molecule has 2 heterocycles. The van der Waals surface area contributed by atoms with E-state index in [1.165, 1.54) is 5.56 Å². The monoisotopic (exact) mass is 326 g/mol. The Morgan fingerprint density at radius 2 is 2.04 bits per heavy atom. The molecule has 128 valence electrons. The van der Waals surface area contributed by atoms with Gasteiger partial charge in [-0.1, -0.05) is 30.3 Å². The third-order valence-electron chi connectivity index (χ3n) is 4.76. The Morgan fingerprint density at radius 1 is 1.29 bits per heavy atom. The van der Waals surface area contributed by atoms with Crippen LogP contribution in [-0.4, -0.2) is 39.7 Å². The lowest BCUT2D eigenvalue weighted by Crippen LogP contribution is -2.37. The van der Waals surface area contributed by atoms with E-state index in [0.29, 0.717) is 0 Å². The minimum absolute atomic E-state index is 0.0104. The molecule has 24 heavy (non-hydrogen) atoms. The molecule has 0 aliphatic carbocycles. The highest BCUT2D eigenvalue weighted by Gasteiger charge is 2.26. The second-order valence-corrected chi connectivity index (χ2v) is 6.54. The molecule has 1 aliphatic rings. The highest BCUT2D eigenvalue weighted by molar-refractivity contribution is 5.96. The molecule has 1 aliphatic heterocycles. The number of nitrogens with one attached hydrogen (secondary N) is 1. The number of aryl methyl sites for hydroxylation is 2. The number of carbonyl (C=O) groups is 1. The summed E-state index contributed by atoms with van der Waals surface area (Å²) in [6.07, 6.45) is 0.999. The molecule has 1 atom stereocenters. The van der Waals surface area contributed by atoms with Crippen LogP contribution in [0.5, 0.6) is 0 Å². The summed E-state index contributed by atoms with van der Waals surface area (Å²) < 4.78 is 1.89. The van der Waals surface area contributed by atoms with E-state index in [4.69, 9.17) is 0 Å². The second-order valence-electron chi connectivity index (χ2n) is 6.54. The molecule has 1 N–H and O–H groups in total. The van der Waals surface area contributed by atoms with Crippen molar-refractivity contribution in [1.29, 1.82) is 0 Å². The number of rotatable bonds is 5. The van der Waals surface area contributed by atoms with Crippen LogP contribution in [0.1, 0.15) is 40.7 Å². The molecular weight excluding hydrogens is 300 g/mol. The van der Waals surface area contributed by atoms with Gasteiger partial charge in [0.15, 0.2) is 0 Å². The van der Waals surface area contributed by atoms with Gasteiger partial charge in [-0.15, -0.1) is 0 Å². The zero-order chi connectivity index (χ0) is 17.1. The number of amides is 1. The van der Waals surface area contributed by atoms with Crippen molar-refractivity contribution in [2.75, 3.05) is 13.1 Å². The summed E-state index contributed by atoms with van der Waals surface area (Å²) >= 11 is 0. The first kappa shape index (κ1) is 16.7. The average molecular weight is 326 g/mol. The Morgan fingerprint density at radius 3 is 2.71 bits per heavy atom. The van der Waals surface area contributed by atoms with Gasteiger partial charge in [0, 0.05) is 37.9 Å². The van der Waals surface area contributed by atoms with Crippen molar-refractivity contribution in [2.24, 2.45) is 0 Å². The first-order valence-corrected chi connectivity index (χ1v) is 8.69. The molecule has 0 unspecified atom stereocenters. The van der Waals surface area contributed by atoms with Crippen LogP contribution in [-0.2, 0) is 13.1 Å². The van der Waals surface area contributed by atoms with Crippen LogP contribution in [0.4, 0.5) is 0 Å². The third-order valence-corrected chi connectivity index (χ3v) is 4.76. The molecule has 1 aromatic heterocycles. The molecule has 1 saturated heterocycles. The predicted octanol–water partition coefficient (Wildman–Crippen LogP) is 2.52.